The van der Waals surface area contributed by atoms with Crippen LogP contribution in [0.3, 0.4) is 0 Å². The molecule has 0 fully saturated rings. The van der Waals surface area contributed by atoms with Gasteiger partial charge in [-0.15, -0.1) is 0 Å². The average molecular weight is 466 g/mol. The van der Waals surface area contributed by atoms with Crippen LogP contribution in [0.1, 0.15) is 37.8 Å². The van der Waals surface area contributed by atoms with Crippen LogP contribution in [0.5, 0.6) is 0 Å². The lowest BCUT2D eigenvalue weighted by Crippen LogP contribution is -2.49. The van der Waals surface area contributed by atoms with Crippen molar-refractivity contribution in [2.75, 3.05) is 6.54 Å². The molecule has 1 atom stereocenters. The third-order valence-corrected chi connectivity index (χ3v) is 5.41. The number of hydrogen-bond donors (Lipinski definition) is 1. The normalized spacial score (nSPS) is 11.6. The molecular weight excluding hydrogens is 441 g/mol. The van der Waals surface area contributed by atoms with Crippen LogP contribution in [0.4, 0.5) is 5.69 Å². The first-order valence-electron chi connectivity index (χ1n) is 10.0. The van der Waals surface area contributed by atoms with Crippen LogP contribution in [0.25, 0.3) is 0 Å². The van der Waals surface area contributed by atoms with Gasteiger partial charge in [-0.25, -0.2) is 0 Å². The SMILES string of the molecule is CCCNC(=O)[C@H](CC)N(Cc1ccc(Cl)cc1Cl)C(=O)Cc1ccccc1[N+](=O)[O-]. The fraction of sp³-hybridized carbons (Fsp3) is 0.364. The zero-order valence-corrected chi connectivity index (χ0v) is 18.9. The monoisotopic (exact) mass is 465 g/mol. The molecule has 0 spiro atoms. The lowest BCUT2D eigenvalue weighted by Gasteiger charge is -2.31. The van der Waals surface area contributed by atoms with Crippen molar-refractivity contribution in [3.63, 3.8) is 0 Å². The molecule has 0 unspecified atom stereocenters. The van der Waals surface area contributed by atoms with Gasteiger partial charge in [-0.2, -0.15) is 0 Å². The number of hydrogen-bond acceptors (Lipinski definition) is 4. The first-order chi connectivity index (χ1) is 14.8. The van der Waals surface area contributed by atoms with Gasteiger partial charge in [0.2, 0.25) is 11.8 Å². The minimum atomic E-state index is -0.742. The smallest absolute Gasteiger partial charge is 0.273 e. The Kier molecular flexibility index (Phi) is 9.27. The summed E-state index contributed by atoms with van der Waals surface area (Å²) in [5, 5.41) is 15.0. The number of nitro groups is 1. The number of para-hydroxylation sites is 1. The molecule has 0 aliphatic heterocycles. The summed E-state index contributed by atoms with van der Waals surface area (Å²) in [6, 6.07) is 10.3. The Labute approximate surface area is 191 Å². The average Bonchev–Trinajstić information content (AvgIpc) is 2.73. The first kappa shape index (κ1) is 24.6. The van der Waals surface area contributed by atoms with Gasteiger partial charge in [-0.1, -0.05) is 61.3 Å². The highest BCUT2D eigenvalue weighted by atomic mass is 35.5. The Bertz CT molecular complexity index is 952. The maximum atomic E-state index is 13.3. The Hall–Kier alpha value is -2.64. The van der Waals surface area contributed by atoms with E-state index in [-0.39, 0.29) is 30.1 Å². The third kappa shape index (κ3) is 6.67. The zero-order chi connectivity index (χ0) is 23.0. The number of carbonyl (C=O) groups is 2. The number of nitrogens with zero attached hydrogens (tertiary/aromatic N) is 2. The van der Waals surface area contributed by atoms with E-state index in [0.717, 1.165) is 6.42 Å². The maximum Gasteiger partial charge on any atom is 0.273 e. The van der Waals surface area contributed by atoms with Crippen LogP contribution in [-0.4, -0.2) is 34.2 Å². The van der Waals surface area contributed by atoms with Crippen molar-refractivity contribution in [3.8, 4) is 0 Å². The molecule has 2 aromatic rings. The lowest BCUT2D eigenvalue weighted by molar-refractivity contribution is -0.385. The van der Waals surface area contributed by atoms with Gasteiger partial charge in [0, 0.05) is 34.8 Å². The molecule has 9 heteroatoms. The molecule has 31 heavy (non-hydrogen) atoms. The zero-order valence-electron chi connectivity index (χ0n) is 17.4. The molecule has 7 nitrogen and oxygen atoms in total. The second-order valence-corrected chi connectivity index (χ2v) is 7.88. The van der Waals surface area contributed by atoms with Crippen molar-refractivity contribution in [1.82, 2.24) is 10.2 Å². The molecule has 2 aromatic carbocycles. The molecule has 0 saturated heterocycles. The van der Waals surface area contributed by atoms with E-state index in [1.807, 2.05) is 13.8 Å². The highest BCUT2D eigenvalue weighted by Gasteiger charge is 2.30. The summed E-state index contributed by atoms with van der Waals surface area (Å²) in [6.07, 6.45) is 0.929. The summed E-state index contributed by atoms with van der Waals surface area (Å²) in [7, 11) is 0. The quantitative estimate of drug-likeness (QED) is 0.403. The van der Waals surface area contributed by atoms with E-state index < -0.39 is 16.9 Å². The maximum absolute atomic E-state index is 13.3. The van der Waals surface area contributed by atoms with Gasteiger partial charge < -0.3 is 10.2 Å². The molecule has 0 aliphatic carbocycles. The second-order valence-electron chi connectivity index (χ2n) is 7.04. The van der Waals surface area contributed by atoms with E-state index >= 15 is 0 Å². The highest BCUT2D eigenvalue weighted by Crippen LogP contribution is 2.25. The fourth-order valence-corrected chi connectivity index (χ4v) is 3.69. The number of nitro benzene ring substituents is 1. The minimum absolute atomic E-state index is 0.0769. The minimum Gasteiger partial charge on any atom is -0.354 e. The topological polar surface area (TPSA) is 92.6 Å². The molecule has 2 rings (SSSR count). The molecule has 0 heterocycles. The summed E-state index contributed by atoms with van der Waals surface area (Å²) in [4.78, 5) is 38.3. The van der Waals surface area contributed by atoms with Crippen molar-refractivity contribution in [1.29, 1.82) is 0 Å². The number of amides is 2. The van der Waals surface area contributed by atoms with Gasteiger partial charge in [0.1, 0.15) is 6.04 Å². The number of benzene rings is 2. The van der Waals surface area contributed by atoms with Crippen molar-refractivity contribution < 1.29 is 14.5 Å². The molecule has 2 amide bonds. The fourth-order valence-electron chi connectivity index (χ4n) is 3.22. The number of halogens is 2. The van der Waals surface area contributed by atoms with Crippen molar-refractivity contribution >= 4 is 40.7 Å². The molecular formula is C22H25Cl2N3O4. The summed E-state index contributed by atoms with van der Waals surface area (Å²) in [5.41, 5.74) is 0.779. The van der Waals surface area contributed by atoms with Crippen LogP contribution in [0, 0.1) is 10.1 Å². The van der Waals surface area contributed by atoms with E-state index in [0.29, 0.717) is 28.6 Å². The van der Waals surface area contributed by atoms with Gasteiger partial charge in [0.15, 0.2) is 0 Å². The van der Waals surface area contributed by atoms with Gasteiger partial charge in [0.25, 0.3) is 5.69 Å². The molecule has 166 valence electrons. The first-order valence-corrected chi connectivity index (χ1v) is 10.8. The van der Waals surface area contributed by atoms with Crippen LogP contribution in [0.2, 0.25) is 10.0 Å². The van der Waals surface area contributed by atoms with E-state index in [4.69, 9.17) is 23.2 Å². The largest absolute Gasteiger partial charge is 0.354 e. The van der Waals surface area contributed by atoms with E-state index in [1.165, 1.54) is 11.0 Å². The van der Waals surface area contributed by atoms with Crippen LogP contribution in [0.15, 0.2) is 42.5 Å². The number of carbonyl (C=O) groups excluding carboxylic acids is 2. The van der Waals surface area contributed by atoms with Crippen LogP contribution >= 0.6 is 23.2 Å². The van der Waals surface area contributed by atoms with E-state index in [2.05, 4.69) is 5.32 Å². The Morgan fingerprint density at radius 1 is 1.13 bits per heavy atom. The highest BCUT2D eigenvalue weighted by molar-refractivity contribution is 6.35. The summed E-state index contributed by atoms with van der Waals surface area (Å²) < 4.78 is 0. The lowest BCUT2D eigenvalue weighted by atomic mass is 10.1. The molecule has 0 radical (unpaired) electrons. The summed E-state index contributed by atoms with van der Waals surface area (Å²) in [5.74, 6) is -0.677. The Morgan fingerprint density at radius 2 is 1.84 bits per heavy atom. The predicted molar refractivity (Wildman–Crippen MR) is 121 cm³/mol. The molecule has 0 aromatic heterocycles. The molecule has 0 bridgehead atoms. The van der Waals surface area contributed by atoms with Crippen molar-refractivity contribution in [2.24, 2.45) is 0 Å². The summed E-state index contributed by atoms with van der Waals surface area (Å²) >= 11 is 12.3. The van der Waals surface area contributed by atoms with Crippen LogP contribution in [-0.2, 0) is 22.6 Å². The molecule has 0 saturated carbocycles. The molecule has 0 aliphatic rings. The van der Waals surface area contributed by atoms with Crippen LogP contribution < -0.4 is 5.32 Å². The summed E-state index contributed by atoms with van der Waals surface area (Å²) in [6.45, 7) is 4.31. The molecule has 1 N–H and O–H groups in total. The number of nitrogens with one attached hydrogen (secondary N) is 1. The number of rotatable bonds is 10. The van der Waals surface area contributed by atoms with E-state index in [1.54, 1.807) is 36.4 Å². The van der Waals surface area contributed by atoms with Gasteiger partial charge in [0.05, 0.1) is 11.3 Å². The van der Waals surface area contributed by atoms with Gasteiger partial charge in [-0.3, -0.25) is 19.7 Å². The Balaban J connectivity index is 2.39. The van der Waals surface area contributed by atoms with Gasteiger partial charge in [-0.05, 0) is 30.5 Å². The standard InChI is InChI=1S/C22H25Cl2N3O4/c1-3-11-25-22(29)19(4-2)26(14-16-9-10-17(23)13-18(16)24)21(28)12-15-7-5-6-8-20(15)27(30)31/h5-10,13,19H,3-4,11-12,14H2,1-2H3,(H,25,29)/t19-/m0/s1. The van der Waals surface area contributed by atoms with E-state index in [9.17, 15) is 19.7 Å². The van der Waals surface area contributed by atoms with Crippen molar-refractivity contribution in [2.45, 2.75) is 45.7 Å². The predicted octanol–water partition coefficient (Wildman–Crippen LogP) is 4.78. The third-order valence-electron chi connectivity index (χ3n) is 4.82. The second kappa shape index (κ2) is 11.7. The van der Waals surface area contributed by atoms with Crippen molar-refractivity contribution in [3.05, 3.63) is 73.8 Å². The van der Waals surface area contributed by atoms with Gasteiger partial charge >= 0.3 is 0 Å². The Morgan fingerprint density at radius 3 is 2.45 bits per heavy atom.